The first-order valence-electron chi connectivity index (χ1n) is 6.25. The lowest BCUT2D eigenvalue weighted by Gasteiger charge is -2.14. The maximum atomic E-state index is 12.1. The van der Waals surface area contributed by atoms with E-state index in [2.05, 4.69) is 5.32 Å². The van der Waals surface area contributed by atoms with Crippen LogP contribution in [0, 0.1) is 5.92 Å². The highest BCUT2D eigenvalue weighted by molar-refractivity contribution is 5.98. The molecule has 0 aromatic heterocycles. The number of carbonyl (C=O) groups is 2. The summed E-state index contributed by atoms with van der Waals surface area (Å²) in [4.78, 5) is 22.9. The highest BCUT2D eigenvalue weighted by Crippen LogP contribution is 2.34. The topological polar surface area (TPSA) is 94.1 Å². The Labute approximate surface area is 122 Å². The molecule has 0 saturated heterocycles. The molecule has 2 N–H and O–H groups in total. The molecule has 0 fully saturated rings. The number of rotatable bonds is 7. The molecule has 0 spiro atoms. The van der Waals surface area contributed by atoms with Crippen molar-refractivity contribution in [3.05, 3.63) is 17.7 Å². The van der Waals surface area contributed by atoms with Gasteiger partial charge in [0.05, 0.1) is 32.8 Å². The average molecular weight is 297 g/mol. The monoisotopic (exact) mass is 297 g/mol. The van der Waals surface area contributed by atoms with E-state index in [1.54, 1.807) is 0 Å². The number of amides is 1. The summed E-state index contributed by atoms with van der Waals surface area (Å²) in [6.07, 6.45) is 0. The maximum Gasteiger partial charge on any atom is 0.308 e. The normalized spacial score (nSPS) is 11.4. The number of ether oxygens (including phenoxy) is 3. The highest BCUT2D eigenvalue weighted by atomic mass is 16.5. The van der Waals surface area contributed by atoms with Crippen LogP contribution in [0.15, 0.2) is 12.1 Å². The second-order valence-electron chi connectivity index (χ2n) is 4.36. The summed E-state index contributed by atoms with van der Waals surface area (Å²) in [6.45, 7) is 1.53. The molecule has 0 bridgehead atoms. The minimum Gasteiger partial charge on any atom is -0.496 e. The van der Waals surface area contributed by atoms with Crippen molar-refractivity contribution in [2.75, 3.05) is 27.9 Å². The molecule has 21 heavy (non-hydrogen) atoms. The van der Waals surface area contributed by atoms with Gasteiger partial charge in [-0.3, -0.25) is 9.59 Å². The third kappa shape index (κ3) is 4.01. The Balaban J connectivity index is 2.99. The molecule has 7 nitrogen and oxygen atoms in total. The van der Waals surface area contributed by atoms with Gasteiger partial charge in [0.2, 0.25) is 0 Å². The van der Waals surface area contributed by atoms with Gasteiger partial charge in [0, 0.05) is 18.7 Å². The van der Waals surface area contributed by atoms with Crippen LogP contribution in [0.3, 0.4) is 0 Å². The lowest BCUT2D eigenvalue weighted by Crippen LogP contribution is -2.31. The number of carboxylic acid groups (broad SMARTS) is 1. The second kappa shape index (κ2) is 7.37. The molecule has 116 valence electrons. The Morgan fingerprint density at radius 1 is 1.10 bits per heavy atom. The van der Waals surface area contributed by atoms with E-state index in [0.717, 1.165) is 0 Å². The zero-order chi connectivity index (χ0) is 16.0. The predicted molar refractivity (Wildman–Crippen MR) is 75.2 cm³/mol. The van der Waals surface area contributed by atoms with Gasteiger partial charge in [-0.25, -0.2) is 0 Å². The quantitative estimate of drug-likeness (QED) is 0.784. The molecule has 1 aromatic carbocycles. The van der Waals surface area contributed by atoms with Gasteiger partial charge in [-0.2, -0.15) is 0 Å². The number of hydrogen-bond donors (Lipinski definition) is 2. The summed E-state index contributed by atoms with van der Waals surface area (Å²) >= 11 is 0. The molecule has 0 heterocycles. The Bertz CT molecular complexity index is 528. The molecule has 0 aliphatic heterocycles. The van der Waals surface area contributed by atoms with Crippen molar-refractivity contribution in [2.45, 2.75) is 6.92 Å². The molecule has 0 aliphatic rings. The third-order valence-corrected chi connectivity index (χ3v) is 2.94. The molecular weight excluding hydrogens is 278 g/mol. The van der Waals surface area contributed by atoms with Crippen molar-refractivity contribution < 1.29 is 28.9 Å². The van der Waals surface area contributed by atoms with Gasteiger partial charge in [-0.1, -0.05) is 6.92 Å². The first-order valence-corrected chi connectivity index (χ1v) is 6.25. The number of carbonyl (C=O) groups excluding carboxylic acids is 1. The smallest absolute Gasteiger partial charge is 0.308 e. The molecule has 1 rings (SSSR count). The third-order valence-electron chi connectivity index (χ3n) is 2.94. The van der Waals surface area contributed by atoms with Crippen LogP contribution in [0.2, 0.25) is 0 Å². The van der Waals surface area contributed by atoms with E-state index in [4.69, 9.17) is 19.3 Å². The van der Waals surface area contributed by atoms with Crippen molar-refractivity contribution >= 4 is 11.9 Å². The van der Waals surface area contributed by atoms with Crippen LogP contribution >= 0.6 is 0 Å². The molecule has 1 unspecified atom stereocenters. The number of carboxylic acids is 1. The van der Waals surface area contributed by atoms with Crippen molar-refractivity contribution in [1.82, 2.24) is 5.32 Å². The zero-order valence-corrected chi connectivity index (χ0v) is 12.4. The minimum absolute atomic E-state index is 0.0195. The van der Waals surface area contributed by atoms with Crippen LogP contribution in [0.4, 0.5) is 0 Å². The predicted octanol–water partition coefficient (Wildman–Crippen LogP) is 1.16. The molecule has 0 aliphatic carbocycles. The Morgan fingerprint density at radius 3 is 2.10 bits per heavy atom. The van der Waals surface area contributed by atoms with E-state index in [9.17, 15) is 9.59 Å². The largest absolute Gasteiger partial charge is 0.496 e. The van der Waals surface area contributed by atoms with E-state index in [1.807, 2.05) is 0 Å². The van der Waals surface area contributed by atoms with Gasteiger partial charge in [-0.15, -0.1) is 0 Å². The van der Waals surface area contributed by atoms with Gasteiger partial charge in [-0.05, 0) is 0 Å². The fourth-order valence-electron chi connectivity index (χ4n) is 1.63. The fourth-order valence-corrected chi connectivity index (χ4v) is 1.63. The first-order chi connectivity index (χ1) is 9.94. The molecule has 1 aromatic rings. The van der Waals surface area contributed by atoms with Crippen LogP contribution < -0.4 is 19.5 Å². The van der Waals surface area contributed by atoms with E-state index >= 15 is 0 Å². The number of nitrogens with one attached hydrogen (secondary N) is 1. The summed E-state index contributed by atoms with van der Waals surface area (Å²) in [5.74, 6) is -0.969. The van der Waals surface area contributed by atoms with Gasteiger partial charge in [0.25, 0.3) is 5.91 Å². The Kier molecular flexibility index (Phi) is 5.83. The Morgan fingerprint density at radius 2 is 1.62 bits per heavy atom. The van der Waals surface area contributed by atoms with Crippen LogP contribution in [0.5, 0.6) is 17.2 Å². The van der Waals surface area contributed by atoms with Gasteiger partial charge in [0.15, 0.2) is 11.5 Å². The number of methoxy groups -OCH3 is 3. The lowest BCUT2D eigenvalue weighted by atomic mass is 10.1. The zero-order valence-electron chi connectivity index (χ0n) is 12.4. The highest BCUT2D eigenvalue weighted by Gasteiger charge is 2.19. The minimum atomic E-state index is -0.977. The fraction of sp³-hybridized carbons (Fsp3) is 0.429. The lowest BCUT2D eigenvalue weighted by molar-refractivity contribution is -0.140. The van der Waals surface area contributed by atoms with E-state index < -0.39 is 17.8 Å². The van der Waals surface area contributed by atoms with Gasteiger partial charge >= 0.3 is 5.97 Å². The van der Waals surface area contributed by atoms with Crippen molar-refractivity contribution in [2.24, 2.45) is 5.92 Å². The summed E-state index contributed by atoms with van der Waals surface area (Å²) in [6, 6.07) is 3.02. The Hall–Kier alpha value is -2.44. The molecule has 0 radical (unpaired) electrons. The molecule has 1 atom stereocenters. The summed E-state index contributed by atoms with van der Waals surface area (Å²) in [5.41, 5.74) is 0.243. The average Bonchev–Trinajstić information content (AvgIpc) is 2.50. The number of benzene rings is 1. The SMILES string of the molecule is COc1cc(OC)c(C(=O)NCC(C)C(=O)O)cc1OC. The summed E-state index contributed by atoms with van der Waals surface area (Å²) < 4.78 is 15.4. The van der Waals surface area contributed by atoms with Crippen molar-refractivity contribution in [3.63, 3.8) is 0 Å². The van der Waals surface area contributed by atoms with E-state index in [-0.39, 0.29) is 12.1 Å². The van der Waals surface area contributed by atoms with Crippen molar-refractivity contribution in [3.8, 4) is 17.2 Å². The standard InChI is InChI=1S/C14H19NO6/c1-8(14(17)18)7-15-13(16)9-5-11(20-3)12(21-4)6-10(9)19-2/h5-6,8H,7H2,1-4H3,(H,15,16)(H,17,18). The van der Waals surface area contributed by atoms with E-state index in [0.29, 0.717) is 17.2 Å². The summed E-state index contributed by atoms with van der Waals surface area (Å²) in [5, 5.41) is 11.4. The molecular formula is C14H19NO6. The molecule has 0 saturated carbocycles. The van der Waals surface area contributed by atoms with Gasteiger partial charge < -0.3 is 24.6 Å². The van der Waals surface area contributed by atoms with Crippen LogP contribution in [-0.2, 0) is 4.79 Å². The van der Waals surface area contributed by atoms with Crippen LogP contribution in [-0.4, -0.2) is 44.9 Å². The van der Waals surface area contributed by atoms with E-state index in [1.165, 1.54) is 40.4 Å². The number of hydrogen-bond acceptors (Lipinski definition) is 5. The molecule has 1 amide bonds. The van der Waals surface area contributed by atoms with Crippen molar-refractivity contribution in [1.29, 1.82) is 0 Å². The number of aliphatic carboxylic acids is 1. The maximum absolute atomic E-state index is 12.1. The van der Waals surface area contributed by atoms with Gasteiger partial charge in [0.1, 0.15) is 5.75 Å². The summed E-state index contributed by atoms with van der Waals surface area (Å²) in [7, 11) is 4.36. The van der Waals surface area contributed by atoms with Crippen LogP contribution in [0.1, 0.15) is 17.3 Å². The first kappa shape index (κ1) is 16.6. The van der Waals surface area contributed by atoms with Crippen LogP contribution in [0.25, 0.3) is 0 Å². The molecule has 7 heteroatoms. The second-order valence-corrected chi connectivity index (χ2v) is 4.36.